The summed E-state index contributed by atoms with van der Waals surface area (Å²) in [4.78, 5) is 14.3. The van der Waals surface area contributed by atoms with Crippen molar-refractivity contribution in [3.8, 4) is 5.75 Å². The second kappa shape index (κ2) is 4.86. The largest absolute Gasteiger partial charge is 0.508 e. The molecule has 1 fully saturated rings. The van der Waals surface area contributed by atoms with Crippen LogP contribution in [0.2, 0.25) is 0 Å². The van der Waals surface area contributed by atoms with E-state index in [0.717, 1.165) is 15.6 Å². The van der Waals surface area contributed by atoms with Gasteiger partial charge in [0.1, 0.15) is 11.4 Å². The average molecular weight is 369 g/mol. The van der Waals surface area contributed by atoms with Gasteiger partial charge in [-0.2, -0.15) is 0 Å². The van der Waals surface area contributed by atoms with Gasteiger partial charge in [-0.05, 0) is 51.3 Å². The first-order chi connectivity index (χ1) is 10.2. The van der Waals surface area contributed by atoms with Gasteiger partial charge in [0.25, 0.3) is 0 Å². The molecule has 2 aliphatic rings. The molecule has 1 aliphatic heterocycles. The minimum atomic E-state index is -0.635. The normalized spacial score (nSPS) is 26.8. The summed E-state index contributed by atoms with van der Waals surface area (Å²) in [6, 6.07) is 3.30. The number of hydrogen-bond acceptors (Lipinski definition) is 4. The Balaban J connectivity index is 2.03. The number of nitrogens with two attached hydrogens (primary N) is 1. The second-order valence-corrected chi connectivity index (χ2v) is 7.89. The molecule has 0 saturated heterocycles. The van der Waals surface area contributed by atoms with Gasteiger partial charge in [-0.3, -0.25) is 4.90 Å². The summed E-state index contributed by atoms with van der Waals surface area (Å²) < 4.78 is 6.47. The third-order valence-corrected chi connectivity index (χ3v) is 5.07. The van der Waals surface area contributed by atoms with Crippen LogP contribution in [0.1, 0.15) is 38.3 Å². The number of hydrogen-bond donors (Lipinski definition) is 2. The standard InChI is InChI=1S/C16H21BrN2O3/c1-15(2,3)22-14(21)19-7-6-9-10(17)4-5-11(20)13(9)16(19)8-12(16)18/h4-5,12,20H,6-8,18H2,1-3H3/t12?,16-/m0/s1. The van der Waals surface area contributed by atoms with Crippen molar-refractivity contribution in [1.29, 1.82) is 0 Å². The number of carbonyl (C=O) groups is 1. The predicted molar refractivity (Wildman–Crippen MR) is 86.7 cm³/mol. The van der Waals surface area contributed by atoms with E-state index in [1.54, 1.807) is 11.0 Å². The van der Waals surface area contributed by atoms with Crippen LogP contribution in [0.3, 0.4) is 0 Å². The van der Waals surface area contributed by atoms with Crippen LogP contribution >= 0.6 is 15.9 Å². The number of phenolic OH excluding ortho intramolecular Hbond substituents is 1. The molecule has 0 aromatic heterocycles. The highest BCUT2D eigenvalue weighted by Gasteiger charge is 2.63. The Morgan fingerprint density at radius 2 is 2.14 bits per heavy atom. The zero-order chi connectivity index (χ0) is 16.3. The van der Waals surface area contributed by atoms with Gasteiger partial charge in [-0.1, -0.05) is 15.9 Å². The van der Waals surface area contributed by atoms with E-state index in [0.29, 0.717) is 19.4 Å². The van der Waals surface area contributed by atoms with Crippen LogP contribution < -0.4 is 5.73 Å². The lowest BCUT2D eigenvalue weighted by molar-refractivity contribution is 0.00930. The van der Waals surface area contributed by atoms with Gasteiger partial charge in [0.15, 0.2) is 0 Å². The van der Waals surface area contributed by atoms with E-state index in [1.807, 2.05) is 26.8 Å². The zero-order valence-electron chi connectivity index (χ0n) is 13.0. The van der Waals surface area contributed by atoms with Crippen molar-refractivity contribution in [2.45, 2.75) is 50.8 Å². The highest BCUT2D eigenvalue weighted by molar-refractivity contribution is 9.10. The number of rotatable bonds is 0. The van der Waals surface area contributed by atoms with Gasteiger partial charge in [0.05, 0.1) is 5.54 Å². The number of carbonyl (C=O) groups excluding carboxylic acids is 1. The molecule has 2 atom stereocenters. The molecule has 5 nitrogen and oxygen atoms in total. The molecule has 1 saturated carbocycles. The Bertz CT molecular complexity index is 641. The number of phenols is 1. The Kier molecular flexibility index (Phi) is 3.45. The molecule has 22 heavy (non-hydrogen) atoms. The van der Waals surface area contributed by atoms with E-state index in [4.69, 9.17) is 10.5 Å². The maximum atomic E-state index is 12.6. The summed E-state index contributed by atoms with van der Waals surface area (Å²) in [6.07, 6.45) is 0.937. The van der Waals surface area contributed by atoms with Crippen molar-refractivity contribution in [2.75, 3.05) is 6.54 Å². The minimum Gasteiger partial charge on any atom is -0.508 e. The maximum Gasteiger partial charge on any atom is 0.411 e. The summed E-state index contributed by atoms with van der Waals surface area (Å²) >= 11 is 3.53. The fraction of sp³-hybridized carbons (Fsp3) is 0.562. The monoisotopic (exact) mass is 368 g/mol. The van der Waals surface area contributed by atoms with Crippen molar-refractivity contribution in [3.63, 3.8) is 0 Å². The molecule has 3 rings (SSSR count). The number of fused-ring (bicyclic) bond motifs is 2. The van der Waals surface area contributed by atoms with Crippen LogP contribution in [0.5, 0.6) is 5.75 Å². The van der Waals surface area contributed by atoms with Crippen LogP contribution in [0.25, 0.3) is 0 Å². The highest BCUT2D eigenvalue weighted by atomic mass is 79.9. The lowest BCUT2D eigenvalue weighted by Gasteiger charge is -2.39. The van der Waals surface area contributed by atoms with Gasteiger partial charge in [0.2, 0.25) is 0 Å². The van der Waals surface area contributed by atoms with Crippen molar-refractivity contribution in [1.82, 2.24) is 4.90 Å². The number of benzene rings is 1. The third kappa shape index (κ3) is 2.29. The highest BCUT2D eigenvalue weighted by Crippen LogP contribution is 2.57. The molecule has 1 spiro atoms. The number of amides is 1. The van der Waals surface area contributed by atoms with Crippen LogP contribution in [0.4, 0.5) is 4.79 Å². The molecular formula is C16H21BrN2O3. The lowest BCUT2D eigenvalue weighted by Crippen LogP contribution is -2.50. The van der Waals surface area contributed by atoms with Gasteiger partial charge >= 0.3 is 6.09 Å². The first-order valence-corrected chi connectivity index (χ1v) is 8.23. The average Bonchev–Trinajstić information content (AvgIpc) is 3.03. The second-order valence-electron chi connectivity index (χ2n) is 7.04. The van der Waals surface area contributed by atoms with E-state index in [-0.39, 0.29) is 17.9 Å². The molecule has 1 aliphatic carbocycles. The summed E-state index contributed by atoms with van der Waals surface area (Å²) in [5.74, 6) is 0.194. The number of aromatic hydroxyl groups is 1. The molecule has 1 amide bonds. The predicted octanol–water partition coefficient (Wildman–Crippen LogP) is 2.87. The van der Waals surface area contributed by atoms with Crippen molar-refractivity contribution in [3.05, 3.63) is 27.7 Å². The topological polar surface area (TPSA) is 75.8 Å². The molecule has 1 unspecified atom stereocenters. The Hall–Kier alpha value is -1.27. The Morgan fingerprint density at radius 1 is 1.50 bits per heavy atom. The molecule has 1 aromatic carbocycles. The molecule has 1 heterocycles. The molecule has 6 heteroatoms. The van der Waals surface area contributed by atoms with Crippen molar-refractivity contribution in [2.24, 2.45) is 5.73 Å². The number of ether oxygens (including phenoxy) is 1. The minimum absolute atomic E-state index is 0.181. The summed E-state index contributed by atoms with van der Waals surface area (Å²) in [6.45, 7) is 6.07. The van der Waals surface area contributed by atoms with Gasteiger partial charge in [-0.15, -0.1) is 0 Å². The quantitative estimate of drug-likeness (QED) is 0.738. The smallest absolute Gasteiger partial charge is 0.411 e. The molecule has 0 radical (unpaired) electrons. The first kappa shape index (κ1) is 15.6. The van der Waals surface area contributed by atoms with Crippen molar-refractivity contribution >= 4 is 22.0 Å². The number of halogens is 1. The zero-order valence-corrected chi connectivity index (χ0v) is 14.6. The fourth-order valence-electron chi connectivity index (χ4n) is 3.34. The molecule has 1 aromatic rings. The van der Waals surface area contributed by atoms with Crippen LogP contribution in [-0.2, 0) is 16.7 Å². The summed E-state index contributed by atoms with van der Waals surface area (Å²) in [7, 11) is 0. The molecule has 120 valence electrons. The van der Waals surface area contributed by atoms with Crippen molar-refractivity contribution < 1.29 is 14.6 Å². The van der Waals surface area contributed by atoms with Crippen LogP contribution in [0.15, 0.2) is 16.6 Å². The van der Waals surface area contributed by atoms with E-state index in [1.165, 1.54) is 0 Å². The molecule has 0 bridgehead atoms. The molecular weight excluding hydrogens is 348 g/mol. The summed E-state index contributed by atoms with van der Waals surface area (Å²) in [5.41, 5.74) is 6.79. The van der Waals surface area contributed by atoms with E-state index in [9.17, 15) is 9.90 Å². The van der Waals surface area contributed by atoms with E-state index < -0.39 is 11.1 Å². The maximum absolute atomic E-state index is 12.6. The van der Waals surface area contributed by atoms with Gasteiger partial charge in [-0.25, -0.2) is 4.79 Å². The molecule has 3 N–H and O–H groups in total. The Morgan fingerprint density at radius 3 is 2.68 bits per heavy atom. The van der Waals surface area contributed by atoms with E-state index >= 15 is 0 Å². The van der Waals surface area contributed by atoms with Gasteiger partial charge < -0.3 is 15.6 Å². The van der Waals surface area contributed by atoms with E-state index in [2.05, 4.69) is 15.9 Å². The SMILES string of the molecule is CC(C)(C)OC(=O)N1CCc2c(Br)ccc(O)c2[C@@]12CC2N. The van der Waals surface area contributed by atoms with Crippen LogP contribution in [0, 0.1) is 0 Å². The van der Waals surface area contributed by atoms with Gasteiger partial charge in [0, 0.05) is 22.6 Å². The van der Waals surface area contributed by atoms with Crippen LogP contribution in [-0.4, -0.2) is 34.3 Å². The third-order valence-electron chi connectivity index (χ3n) is 4.33. The fourth-order valence-corrected chi connectivity index (χ4v) is 3.87. The first-order valence-electron chi connectivity index (χ1n) is 7.44. The summed E-state index contributed by atoms with van der Waals surface area (Å²) in [5, 5.41) is 10.4. The lowest BCUT2D eigenvalue weighted by atomic mass is 9.89. The Labute approximate surface area is 138 Å². The number of nitrogens with zero attached hydrogens (tertiary/aromatic N) is 1.